The molecular formula is H5N12P. The minimum atomic E-state index is -1.68. The molecule has 0 heterocycles. The first kappa shape index (κ1) is 11.0. The Kier molecular flexibility index (Phi) is 6.90. The monoisotopic (exact) mass is 204 g/mol. The first-order chi connectivity index (χ1) is 6.35. The van der Waals surface area contributed by atoms with Gasteiger partial charge in [0.2, 0.25) is 0 Å². The summed E-state index contributed by atoms with van der Waals surface area (Å²) in [5.41, 5.74) is 12.6. The number of hydrogen-bond donors (Lipinski definition) is 4. The van der Waals surface area contributed by atoms with Crippen molar-refractivity contribution in [3.63, 3.8) is 0 Å². The van der Waals surface area contributed by atoms with Crippen LogP contribution >= 0.6 is 8.37 Å². The molecule has 0 fully saturated rings. The lowest BCUT2D eigenvalue weighted by molar-refractivity contribution is 0.858. The zero-order chi connectivity index (χ0) is 9.94. The van der Waals surface area contributed by atoms with Gasteiger partial charge in [-0.05, 0) is 26.1 Å². The molecule has 0 radical (unpaired) electrons. The SMILES string of the molecule is N=NN=NP(N=NN=N)NN=NN. The Morgan fingerprint density at radius 2 is 1.62 bits per heavy atom. The lowest BCUT2D eigenvalue weighted by atomic mass is 12.6. The number of nitrogens with two attached hydrogens (primary N) is 1. The average Bonchev–Trinajstić information content (AvgIpc) is 2.17. The molecule has 0 amide bonds. The summed E-state index contributed by atoms with van der Waals surface area (Å²) in [6.07, 6.45) is 0. The van der Waals surface area contributed by atoms with Crippen LogP contribution in [0.4, 0.5) is 0 Å². The van der Waals surface area contributed by atoms with Crippen LogP contribution in [0.2, 0.25) is 0 Å². The molecule has 0 aromatic rings. The van der Waals surface area contributed by atoms with Gasteiger partial charge in [0.05, 0.1) is 0 Å². The molecule has 70 valence electrons. The van der Waals surface area contributed by atoms with Gasteiger partial charge in [-0.15, -0.1) is 0 Å². The maximum absolute atomic E-state index is 6.29. The molecule has 0 rings (SSSR count). The van der Waals surface area contributed by atoms with Crippen molar-refractivity contribution in [2.24, 2.45) is 47.0 Å². The molecule has 13 heteroatoms. The molecule has 0 aromatic carbocycles. The Bertz CT molecular complexity index is 203. The van der Waals surface area contributed by atoms with Gasteiger partial charge < -0.3 is 5.84 Å². The van der Waals surface area contributed by atoms with Crippen LogP contribution < -0.4 is 11.0 Å². The summed E-state index contributed by atoms with van der Waals surface area (Å²) in [5, 5.41) is 19.3. The van der Waals surface area contributed by atoms with Gasteiger partial charge in [0, 0.05) is 0 Å². The molecular weight excluding hydrogens is 199 g/mol. The van der Waals surface area contributed by atoms with E-state index in [0.29, 0.717) is 0 Å². The number of rotatable bonds is 6. The third-order valence-electron chi connectivity index (χ3n) is 0.531. The minimum absolute atomic E-state index is 1.68. The highest BCUT2D eigenvalue weighted by molar-refractivity contribution is 7.52. The summed E-state index contributed by atoms with van der Waals surface area (Å²) < 4.78 is 0. The maximum atomic E-state index is 6.29. The molecule has 13 heavy (non-hydrogen) atoms. The maximum Gasteiger partial charge on any atom is 0.307 e. The van der Waals surface area contributed by atoms with E-state index in [4.69, 9.17) is 11.1 Å². The van der Waals surface area contributed by atoms with Crippen LogP contribution in [0.25, 0.3) is 0 Å². The van der Waals surface area contributed by atoms with E-state index in [1.165, 1.54) is 0 Å². The van der Waals surface area contributed by atoms with E-state index in [-0.39, 0.29) is 0 Å². The van der Waals surface area contributed by atoms with Gasteiger partial charge in [0.15, 0.2) is 0 Å². The van der Waals surface area contributed by atoms with Crippen LogP contribution in [0.5, 0.6) is 0 Å². The van der Waals surface area contributed by atoms with Crippen LogP contribution in [-0.2, 0) is 0 Å². The van der Waals surface area contributed by atoms with Crippen molar-refractivity contribution >= 4 is 8.37 Å². The van der Waals surface area contributed by atoms with E-state index in [2.05, 4.69) is 52.1 Å². The predicted molar refractivity (Wildman–Crippen MR) is 39.1 cm³/mol. The molecule has 0 spiro atoms. The first-order valence-electron chi connectivity index (χ1n) is 2.55. The second-order valence-electron chi connectivity index (χ2n) is 1.16. The fourth-order valence-electron chi connectivity index (χ4n) is 0.239. The standard InChI is InChI=1S/H5N12P/c1-4-7-10-13(11-8-5-2)12-9-6-3/h1-2H,(H2,3,9)(H,6,12). The second-order valence-corrected chi connectivity index (χ2v) is 2.30. The van der Waals surface area contributed by atoms with Crippen LogP contribution in [0.3, 0.4) is 0 Å². The van der Waals surface area contributed by atoms with Crippen LogP contribution in [0.15, 0.2) is 41.1 Å². The lowest BCUT2D eigenvalue weighted by Crippen LogP contribution is -1.93. The van der Waals surface area contributed by atoms with Crippen molar-refractivity contribution in [3.05, 3.63) is 0 Å². The molecule has 0 bridgehead atoms. The van der Waals surface area contributed by atoms with Crippen molar-refractivity contribution in [2.45, 2.75) is 0 Å². The van der Waals surface area contributed by atoms with Gasteiger partial charge in [-0.3, -0.25) is 0 Å². The minimum Gasteiger partial charge on any atom is -0.303 e. The molecule has 0 aromatic heterocycles. The van der Waals surface area contributed by atoms with Crippen molar-refractivity contribution in [1.82, 2.24) is 5.20 Å². The molecule has 5 N–H and O–H groups in total. The molecule has 12 nitrogen and oxygen atoms in total. The third-order valence-corrected chi connectivity index (χ3v) is 1.30. The van der Waals surface area contributed by atoms with Crippen LogP contribution in [0.1, 0.15) is 0 Å². The summed E-state index contributed by atoms with van der Waals surface area (Å²) in [6, 6.07) is 0. The number of nitrogens with one attached hydrogen (secondary N) is 3. The third kappa shape index (κ3) is 6.43. The van der Waals surface area contributed by atoms with Crippen molar-refractivity contribution in [1.29, 1.82) is 11.1 Å². The van der Waals surface area contributed by atoms with Crippen molar-refractivity contribution in [3.8, 4) is 0 Å². The number of nitrogens with zero attached hydrogens (tertiary/aromatic N) is 8. The summed E-state index contributed by atoms with van der Waals surface area (Å²) in [5.74, 6) is 4.67. The normalized spacial score (nSPS) is 13.8. The lowest BCUT2D eigenvalue weighted by Gasteiger charge is -1.96. The Morgan fingerprint density at radius 3 is 2.00 bits per heavy atom. The highest BCUT2D eigenvalue weighted by atomic mass is 31.1. The molecule has 0 aliphatic rings. The van der Waals surface area contributed by atoms with E-state index < -0.39 is 8.37 Å². The predicted octanol–water partition coefficient (Wildman–Crippen LogP) is 1.84. The second kappa shape index (κ2) is 8.13. The molecule has 0 saturated heterocycles. The van der Waals surface area contributed by atoms with Crippen LogP contribution in [0, 0.1) is 11.1 Å². The summed E-state index contributed by atoms with van der Waals surface area (Å²) in [4.78, 5) is 6.66. The fourth-order valence-corrected chi connectivity index (χ4v) is 0.718. The smallest absolute Gasteiger partial charge is 0.303 e. The Balaban J connectivity index is 4.16. The van der Waals surface area contributed by atoms with Gasteiger partial charge in [-0.1, -0.05) is 15.0 Å². The van der Waals surface area contributed by atoms with Gasteiger partial charge >= 0.3 is 8.37 Å². The van der Waals surface area contributed by atoms with Crippen LogP contribution in [-0.4, -0.2) is 0 Å². The highest BCUT2D eigenvalue weighted by Crippen LogP contribution is 2.34. The van der Waals surface area contributed by atoms with E-state index >= 15 is 0 Å². The Morgan fingerprint density at radius 1 is 1.08 bits per heavy atom. The first-order valence-corrected chi connectivity index (χ1v) is 3.80. The van der Waals surface area contributed by atoms with E-state index in [1.807, 2.05) is 0 Å². The quantitative estimate of drug-likeness (QED) is 0.222. The summed E-state index contributed by atoms with van der Waals surface area (Å²) >= 11 is 0. The zero-order valence-electron chi connectivity index (χ0n) is 6.10. The zero-order valence-corrected chi connectivity index (χ0v) is 7.00. The summed E-state index contributed by atoms with van der Waals surface area (Å²) in [6.45, 7) is 0. The van der Waals surface area contributed by atoms with Gasteiger partial charge in [-0.25, -0.2) is 5.20 Å². The van der Waals surface area contributed by atoms with E-state index in [0.717, 1.165) is 0 Å². The van der Waals surface area contributed by atoms with Gasteiger partial charge in [0.1, 0.15) is 0 Å². The van der Waals surface area contributed by atoms with Gasteiger partial charge in [-0.2, -0.15) is 11.1 Å². The topological polar surface area (TPSA) is 185 Å². The van der Waals surface area contributed by atoms with Crippen molar-refractivity contribution in [2.75, 3.05) is 0 Å². The molecule has 0 aliphatic heterocycles. The highest BCUT2D eigenvalue weighted by Gasteiger charge is 2.03. The summed E-state index contributed by atoms with van der Waals surface area (Å²) in [7, 11) is -1.68. The molecule has 0 atom stereocenters. The van der Waals surface area contributed by atoms with Crippen molar-refractivity contribution < 1.29 is 0 Å². The fraction of sp³-hybridized carbons (Fsp3) is 0. The number of hydrogen-bond acceptors (Lipinski definition) is 6. The van der Waals surface area contributed by atoms with E-state index in [9.17, 15) is 0 Å². The Hall–Kier alpha value is -1.97. The molecule has 0 saturated carbocycles. The van der Waals surface area contributed by atoms with E-state index in [1.54, 1.807) is 0 Å². The Labute approximate surface area is 72.6 Å². The molecule has 0 unspecified atom stereocenters. The average molecular weight is 204 g/mol. The molecule has 0 aliphatic carbocycles. The largest absolute Gasteiger partial charge is 0.307 e. The van der Waals surface area contributed by atoms with Gasteiger partial charge in [0.25, 0.3) is 0 Å².